The Balaban J connectivity index is 2.09. The molecule has 1 fully saturated rings. The predicted octanol–water partition coefficient (Wildman–Crippen LogP) is 2.58. The van der Waals surface area contributed by atoms with Gasteiger partial charge in [0.2, 0.25) is 0 Å². The fourth-order valence-electron chi connectivity index (χ4n) is 2.51. The molecule has 20 heavy (non-hydrogen) atoms. The number of rotatable bonds is 4. The highest BCUT2D eigenvalue weighted by Crippen LogP contribution is 2.24. The molecule has 0 saturated carbocycles. The average Bonchev–Trinajstić information content (AvgIpc) is 2.45. The van der Waals surface area contributed by atoms with Crippen molar-refractivity contribution in [1.29, 1.82) is 0 Å². The monoisotopic (exact) mass is 277 g/mol. The van der Waals surface area contributed by atoms with Crippen molar-refractivity contribution in [1.82, 2.24) is 10.3 Å². The van der Waals surface area contributed by atoms with Gasteiger partial charge in [-0.25, -0.2) is 0 Å². The minimum Gasteiger partial charge on any atom is -0.381 e. The van der Waals surface area contributed by atoms with E-state index in [2.05, 4.69) is 49.1 Å². The van der Waals surface area contributed by atoms with E-state index in [1.807, 2.05) is 12.4 Å². The van der Waals surface area contributed by atoms with Gasteiger partial charge in [0.1, 0.15) is 0 Å². The van der Waals surface area contributed by atoms with E-state index in [4.69, 9.17) is 4.74 Å². The van der Waals surface area contributed by atoms with Crippen LogP contribution in [0.4, 0.5) is 5.69 Å². The van der Waals surface area contributed by atoms with Crippen molar-refractivity contribution in [2.45, 2.75) is 51.7 Å². The highest BCUT2D eigenvalue weighted by molar-refractivity contribution is 5.52. The summed E-state index contributed by atoms with van der Waals surface area (Å²) in [6.07, 6.45) is 6.05. The minimum atomic E-state index is 0.123. The van der Waals surface area contributed by atoms with Gasteiger partial charge in [0, 0.05) is 44.6 Å². The first-order valence-electron chi connectivity index (χ1n) is 7.46. The van der Waals surface area contributed by atoms with Gasteiger partial charge in [-0.15, -0.1) is 0 Å². The molecule has 0 aromatic carbocycles. The summed E-state index contributed by atoms with van der Waals surface area (Å²) in [6.45, 7) is 9.17. The second kappa shape index (κ2) is 6.55. The van der Waals surface area contributed by atoms with Crippen LogP contribution in [-0.4, -0.2) is 36.8 Å². The summed E-state index contributed by atoms with van der Waals surface area (Å²) in [5, 5.41) is 3.56. The van der Waals surface area contributed by atoms with Gasteiger partial charge in [0.25, 0.3) is 0 Å². The molecule has 0 spiro atoms. The van der Waals surface area contributed by atoms with Crippen molar-refractivity contribution >= 4 is 5.69 Å². The zero-order valence-corrected chi connectivity index (χ0v) is 13.1. The molecule has 0 radical (unpaired) electrons. The Bertz CT molecular complexity index is 422. The molecular weight excluding hydrogens is 250 g/mol. The van der Waals surface area contributed by atoms with Crippen LogP contribution in [0.25, 0.3) is 0 Å². The van der Waals surface area contributed by atoms with Gasteiger partial charge >= 0.3 is 0 Å². The molecule has 112 valence electrons. The van der Waals surface area contributed by atoms with E-state index >= 15 is 0 Å². The van der Waals surface area contributed by atoms with Gasteiger partial charge in [-0.2, -0.15) is 0 Å². The number of nitrogens with zero attached hydrogens (tertiary/aromatic N) is 2. The van der Waals surface area contributed by atoms with E-state index in [0.29, 0.717) is 6.04 Å². The number of aromatic nitrogens is 1. The van der Waals surface area contributed by atoms with E-state index in [1.165, 1.54) is 11.3 Å². The Kier molecular flexibility index (Phi) is 5.00. The van der Waals surface area contributed by atoms with Crippen LogP contribution in [0.3, 0.4) is 0 Å². The third-order valence-electron chi connectivity index (χ3n) is 3.82. The topological polar surface area (TPSA) is 37.4 Å². The summed E-state index contributed by atoms with van der Waals surface area (Å²) in [7, 11) is 2.17. The minimum absolute atomic E-state index is 0.123. The van der Waals surface area contributed by atoms with Crippen molar-refractivity contribution in [3.05, 3.63) is 24.0 Å². The molecule has 4 heteroatoms. The lowest BCUT2D eigenvalue weighted by Crippen LogP contribution is -2.39. The Morgan fingerprint density at radius 1 is 1.35 bits per heavy atom. The lowest BCUT2D eigenvalue weighted by atomic mass is 10.0. The number of anilines is 1. The SMILES string of the molecule is CN(c1cnccc1CNC(C)(C)C)C1CCOCC1. The van der Waals surface area contributed by atoms with E-state index < -0.39 is 0 Å². The van der Waals surface area contributed by atoms with Gasteiger partial charge in [-0.05, 0) is 45.2 Å². The van der Waals surface area contributed by atoms with E-state index in [-0.39, 0.29) is 5.54 Å². The Morgan fingerprint density at radius 2 is 2.05 bits per heavy atom. The Labute approximate surface area is 122 Å². The second-order valence-corrected chi connectivity index (χ2v) is 6.56. The molecule has 1 aromatic rings. The van der Waals surface area contributed by atoms with Gasteiger partial charge in [-0.3, -0.25) is 4.98 Å². The fraction of sp³-hybridized carbons (Fsp3) is 0.688. The van der Waals surface area contributed by atoms with Gasteiger partial charge in [-0.1, -0.05) is 0 Å². The highest BCUT2D eigenvalue weighted by atomic mass is 16.5. The summed E-state index contributed by atoms with van der Waals surface area (Å²) in [4.78, 5) is 6.68. The van der Waals surface area contributed by atoms with Crippen LogP contribution in [0.5, 0.6) is 0 Å². The molecule has 1 saturated heterocycles. The molecule has 2 heterocycles. The van der Waals surface area contributed by atoms with Crippen molar-refractivity contribution in [2.75, 3.05) is 25.2 Å². The zero-order valence-electron chi connectivity index (χ0n) is 13.1. The molecule has 0 atom stereocenters. The lowest BCUT2D eigenvalue weighted by Gasteiger charge is -2.34. The normalized spacial score (nSPS) is 17.2. The van der Waals surface area contributed by atoms with Gasteiger partial charge in [0.15, 0.2) is 0 Å². The standard InChI is InChI=1S/C16H27N3O/c1-16(2,3)18-11-13-5-8-17-12-15(13)19(4)14-6-9-20-10-7-14/h5,8,12,14,18H,6-7,9-11H2,1-4H3. The van der Waals surface area contributed by atoms with Crippen LogP contribution in [0.2, 0.25) is 0 Å². The molecule has 0 unspecified atom stereocenters. The number of hydrogen-bond acceptors (Lipinski definition) is 4. The molecule has 1 aliphatic rings. The summed E-state index contributed by atoms with van der Waals surface area (Å²) >= 11 is 0. The maximum atomic E-state index is 5.45. The van der Waals surface area contributed by atoms with Crippen LogP contribution in [0.1, 0.15) is 39.2 Å². The predicted molar refractivity (Wildman–Crippen MR) is 83.1 cm³/mol. The smallest absolute Gasteiger partial charge is 0.0598 e. The molecule has 0 bridgehead atoms. The third-order valence-corrected chi connectivity index (χ3v) is 3.82. The second-order valence-electron chi connectivity index (χ2n) is 6.56. The molecule has 1 aromatic heterocycles. The molecule has 2 rings (SSSR count). The summed E-state index contributed by atoms with van der Waals surface area (Å²) < 4.78 is 5.45. The molecule has 4 nitrogen and oxygen atoms in total. The molecular formula is C16H27N3O. The van der Waals surface area contributed by atoms with Crippen LogP contribution in [-0.2, 0) is 11.3 Å². The van der Waals surface area contributed by atoms with Gasteiger partial charge in [0.05, 0.1) is 11.9 Å². The Hall–Kier alpha value is -1.13. The highest BCUT2D eigenvalue weighted by Gasteiger charge is 2.21. The Morgan fingerprint density at radius 3 is 2.70 bits per heavy atom. The van der Waals surface area contributed by atoms with Crippen LogP contribution >= 0.6 is 0 Å². The molecule has 0 amide bonds. The summed E-state index contributed by atoms with van der Waals surface area (Å²) in [5.41, 5.74) is 2.66. The number of ether oxygens (including phenoxy) is 1. The first-order chi connectivity index (χ1) is 9.47. The lowest BCUT2D eigenvalue weighted by molar-refractivity contribution is 0.0854. The van der Waals surface area contributed by atoms with Gasteiger partial charge < -0.3 is 15.0 Å². The first-order valence-corrected chi connectivity index (χ1v) is 7.46. The van der Waals surface area contributed by atoms with Crippen LogP contribution < -0.4 is 10.2 Å². The molecule has 1 N–H and O–H groups in total. The number of nitrogens with one attached hydrogen (secondary N) is 1. The largest absolute Gasteiger partial charge is 0.381 e. The zero-order chi connectivity index (χ0) is 14.6. The van der Waals surface area contributed by atoms with E-state index in [9.17, 15) is 0 Å². The average molecular weight is 277 g/mol. The molecule has 0 aliphatic carbocycles. The third kappa shape index (κ3) is 4.18. The summed E-state index contributed by atoms with van der Waals surface area (Å²) in [5.74, 6) is 0. The summed E-state index contributed by atoms with van der Waals surface area (Å²) in [6, 6.07) is 2.67. The van der Waals surface area contributed by atoms with E-state index in [0.717, 1.165) is 32.6 Å². The van der Waals surface area contributed by atoms with Crippen molar-refractivity contribution in [2.24, 2.45) is 0 Å². The molecule has 1 aliphatic heterocycles. The fourth-order valence-corrected chi connectivity index (χ4v) is 2.51. The first kappa shape index (κ1) is 15.3. The quantitative estimate of drug-likeness (QED) is 0.918. The van der Waals surface area contributed by atoms with E-state index in [1.54, 1.807) is 0 Å². The number of hydrogen-bond donors (Lipinski definition) is 1. The van der Waals surface area contributed by atoms with Crippen LogP contribution in [0.15, 0.2) is 18.5 Å². The van der Waals surface area contributed by atoms with Crippen LogP contribution in [0, 0.1) is 0 Å². The maximum Gasteiger partial charge on any atom is 0.0598 e. The maximum absolute atomic E-state index is 5.45. The van der Waals surface area contributed by atoms with Crippen molar-refractivity contribution in [3.8, 4) is 0 Å². The van der Waals surface area contributed by atoms with Crippen molar-refractivity contribution < 1.29 is 4.74 Å². The van der Waals surface area contributed by atoms with Crippen molar-refractivity contribution in [3.63, 3.8) is 0 Å². The number of pyridine rings is 1.